The molecule has 2 aromatic heterocycles. The van der Waals surface area contributed by atoms with Crippen molar-refractivity contribution in [1.29, 1.82) is 0 Å². The van der Waals surface area contributed by atoms with Crippen LogP contribution < -0.4 is 0 Å². The average molecular weight is 232 g/mol. The molecule has 2 aromatic rings. The molecule has 0 aromatic carbocycles. The van der Waals surface area contributed by atoms with Crippen LogP contribution in [0.3, 0.4) is 0 Å². The molecule has 0 spiro atoms. The van der Waals surface area contributed by atoms with Crippen molar-refractivity contribution < 1.29 is 0 Å². The van der Waals surface area contributed by atoms with Crippen LogP contribution in [0, 0.1) is 0 Å². The summed E-state index contributed by atoms with van der Waals surface area (Å²) < 4.78 is 2.15. The van der Waals surface area contributed by atoms with Gasteiger partial charge in [-0.2, -0.15) is 0 Å². The first-order valence-corrected chi connectivity index (χ1v) is 6.07. The Bertz CT molecular complexity index is 428. The summed E-state index contributed by atoms with van der Waals surface area (Å²) in [6.45, 7) is 6.68. The molecule has 1 N–H and O–H groups in total. The molecule has 0 bridgehead atoms. The van der Waals surface area contributed by atoms with Crippen LogP contribution in [0.15, 0.2) is 31.1 Å². The van der Waals surface area contributed by atoms with Crippen molar-refractivity contribution >= 4 is 0 Å². The molecular formula is C13H20N4. The highest BCUT2D eigenvalue weighted by molar-refractivity contribution is 5.03. The van der Waals surface area contributed by atoms with E-state index in [-0.39, 0.29) is 5.41 Å². The summed E-state index contributed by atoms with van der Waals surface area (Å²) >= 11 is 0. The van der Waals surface area contributed by atoms with Crippen LogP contribution in [-0.2, 0) is 5.41 Å². The van der Waals surface area contributed by atoms with Gasteiger partial charge in [-0.15, -0.1) is 0 Å². The van der Waals surface area contributed by atoms with Crippen LogP contribution >= 0.6 is 0 Å². The fraction of sp³-hybridized carbons (Fsp3) is 0.538. The molecular weight excluding hydrogens is 212 g/mol. The maximum Gasteiger partial charge on any atom is 0.111 e. The largest absolute Gasteiger partial charge is 0.348 e. The number of H-pyrrole nitrogens is 1. The van der Waals surface area contributed by atoms with E-state index in [4.69, 9.17) is 0 Å². The van der Waals surface area contributed by atoms with E-state index in [1.165, 1.54) is 0 Å². The fourth-order valence-electron chi connectivity index (χ4n) is 2.00. The predicted octanol–water partition coefficient (Wildman–Crippen LogP) is 2.93. The van der Waals surface area contributed by atoms with Gasteiger partial charge in [0.1, 0.15) is 5.82 Å². The minimum Gasteiger partial charge on any atom is -0.348 e. The first-order chi connectivity index (χ1) is 8.09. The highest BCUT2D eigenvalue weighted by atomic mass is 15.0. The summed E-state index contributed by atoms with van der Waals surface area (Å²) in [6.07, 6.45) is 11.6. The van der Waals surface area contributed by atoms with Gasteiger partial charge in [0.05, 0.1) is 6.33 Å². The molecule has 92 valence electrons. The second-order valence-electron chi connectivity index (χ2n) is 5.22. The number of aromatic amines is 1. The van der Waals surface area contributed by atoms with Crippen molar-refractivity contribution in [2.45, 2.75) is 45.1 Å². The second-order valence-corrected chi connectivity index (χ2v) is 5.22. The van der Waals surface area contributed by atoms with E-state index in [1.54, 1.807) is 0 Å². The maximum absolute atomic E-state index is 4.35. The third-order valence-corrected chi connectivity index (χ3v) is 3.36. The molecule has 0 aliphatic heterocycles. The van der Waals surface area contributed by atoms with E-state index >= 15 is 0 Å². The molecule has 0 amide bonds. The topological polar surface area (TPSA) is 46.5 Å². The molecule has 4 heteroatoms. The van der Waals surface area contributed by atoms with Crippen molar-refractivity contribution in [3.8, 4) is 0 Å². The van der Waals surface area contributed by atoms with Gasteiger partial charge >= 0.3 is 0 Å². The van der Waals surface area contributed by atoms with Crippen molar-refractivity contribution in [1.82, 2.24) is 19.5 Å². The molecule has 0 aliphatic carbocycles. The summed E-state index contributed by atoms with van der Waals surface area (Å²) in [5.74, 6) is 1.07. The number of aromatic nitrogens is 4. The van der Waals surface area contributed by atoms with E-state index in [9.17, 15) is 0 Å². The number of hydrogen-bond donors (Lipinski definition) is 1. The van der Waals surface area contributed by atoms with Gasteiger partial charge < -0.3 is 9.55 Å². The van der Waals surface area contributed by atoms with Crippen LogP contribution in [0.5, 0.6) is 0 Å². The Labute approximate surface area is 102 Å². The van der Waals surface area contributed by atoms with E-state index in [1.807, 2.05) is 31.1 Å². The Balaban J connectivity index is 1.94. The van der Waals surface area contributed by atoms with Crippen LogP contribution in [0.25, 0.3) is 0 Å². The normalized spacial score (nSPS) is 13.8. The van der Waals surface area contributed by atoms with Gasteiger partial charge in [0.15, 0.2) is 0 Å². The van der Waals surface area contributed by atoms with Crippen LogP contribution in [0.2, 0.25) is 0 Å². The Morgan fingerprint density at radius 3 is 2.82 bits per heavy atom. The third-order valence-electron chi connectivity index (χ3n) is 3.36. The van der Waals surface area contributed by atoms with Gasteiger partial charge in [0.2, 0.25) is 0 Å². The zero-order valence-corrected chi connectivity index (χ0v) is 10.7. The van der Waals surface area contributed by atoms with E-state index in [0.29, 0.717) is 6.04 Å². The molecule has 1 unspecified atom stereocenters. The van der Waals surface area contributed by atoms with Crippen LogP contribution in [-0.4, -0.2) is 19.5 Å². The number of rotatable bonds is 5. The molecule has 4 nitrogen and oxygen atoms in total. The summed E-state index contributed by atoms with van der Waals surface area (Å²) in [7, 11) is 0. The fourth-order valence-corrected chi connectivity index (χ4v) is 2.00. The third kappa shape index (κ3) is 2.75. The first-order valence-electron chi connectivity index (χ1n) is 6.07. The smallest absolute Gasteiger partial charge is 0.111 e. The van der Waals surface area contributed by atoms with Crippen molar-refractivity contribution in [2.24, 2.45) is 0 Å². The van der Waals surface area contributed by atoms with Crippen LogP contribution in [0.4, 0.5) is 0 Å². The second kappa shape index (κ2) is 4.73. The average Bonchev–Trinajstić information content (AvgIpc) is 2.97. The molecule has 17 heavy (non-hydrogen) atoms. The SMILES string of the molecule is CC(CCC(C)(C)c1ncc[nH]1)n1ccnc1. The highest BCUT2D eigenvalue weighted by Crippen LogP contribution is 2.28. The lowest BCUT2D eigenvalue weighted by atomic mass is 9.85. The minimum absolute atomic E-state index is 0.0956. The van der Waals surface area contributed by atoms with E-state index < -0.39 is 0 Å². The molecule has 2 heterocycles. The van der Waals surface area contributed by atoms with Gasteiger partial charge in [-0.25, -0.2) is 9.97 Å². The molecule has 1 atom stereocenters. The van der Waals surface area contributed by atoms with E-state index in [0.717, 1.165) is 18.7 Å². The highest BCUT2D eigenvalue weighted by Gasteiger charge is 2.23. The molecule has 2 rings (SSSR count). The van der Waals surface area contributed by atoms with E-state index in [2.05, 4.69) is 40.3 Å². The Morgan fingerprint density at radius 1 is 1.41 bits per heavy atom. The maximum atomic E-state index is 4.35. The quantitative estimate of drug-likeness (QED) is 0.861. The standard InChI is InChI=1S/C13H20N4/c1-11(17-9-8-14-10-17)4-5-13(2,3)12-15-6-7-16-12/h6-11H,4-5H2,1-3H3,(H,15,16). The lowest BCUT2D eigenvalue weighted by Gasteiger charge is -2.24. The number of nitrogens with one attached hydrogen (secondary N) is 1. The summed E-state index contributed by atoms with van der Waals surface area (Å²) in [6, 6.07) is 0.478. The summed E-state index contributed by atoms with van der Waals surface area (Å²) in [4.78, 5) is 11.6. The molecule has 0 fully saturated rings. The number of hydrogen-bond acceptors (Lipinski definition) is 2. The zero-order valence-electron chi connectivity index (χ0n) is 10.7. The summed E-state index contributed by atoms with van der Waals surface area (Å²) in [5.41, 5.74) is 0.0956. The Morgan fingerprint density at radius 2 is 2.24 bits per heavy atom. The van der Waals surface area contributed by atoms with Crippen molar-refractivity contribution in [3.05, 3.63) is 36.9 Å². The van der Waals surface area contributed by atoms with Crippen LogP contribution in [0.1, 0.15) is 45.5 Å². The Kier molecular flexibility index (Phi) is 3.31. The molecule has 0 saturated heterocycles. The lowest BCUT2D eigenvalue weighted by molar-refractivity contribution is 0.382. The summed E-state index contributed by atoms with van der Waals surface area (Å²) in [5, 5.41) is 0. The molecule has 0 radical (unpaired) electrons. The minimum atomic E-state index is 0.0956. The predicted molar refractivity (Wildman–Crippen MR) is 67.8 cm³/mol. The van der Waals surface area contributed by atoms with Crippen molar-refractivity contribution in [3.63, 3.8) is 0 Å². The monoisotopic (exact) mass is 232 g/mol. The number of nitrogens with zero attached hydrogens (tertiary/aromatic N) is 3. The lowest BCUT2D eigenvalue weighted by Crippen LogP contribution is -2.20. The van der Waals surface area contributed by atoms with Gasteiger partial charge in [0, 0.05) is 36.2 Å². The zero-order chi connectivity index (χ0) is 12.3. The first kappa shape index (κ1) is 11.9. The van der Waals surface area contributed by atoms with Crippen molar-refractivity contribution in [2.75, 3.05) is 0 Å². The Hall–Kier alpha value is -1.58. The van der Waals surface area contributed by atoms with Gasteiger partial charge in [-0.1, -0.05) is 13.8 Å². The van der Waals surface area contributed by atoms with Gasteiger partial charge in [0.25, 0.3) is 0 Å². The molecule has 0 saturated carbocycles. The van der Waals surface area contributed by atoms with Gasteiger partial charge in [-0.05, 0) is 19.8 Å². The van der Waals surface area contributed by atoms with Gasteiger partial charge in [-0.3, -0.25) is 0 Å². The molecule has 0 aliphatic rings. The number of imidazole rings is 2.